The van der Waals surface area contributed by atoms with Gasteiger partial charge in [0.25, 0.3) is 0 Å². The van der Waals surface area contributed by atoms with Crippen molar-refractivity contribution in [2.45, 2.75) is 25.4 Å². The number of rotatable bonds is 4. The van der Waals surface area contributed by atoms with Crippen molar-refractivity contribution in [1.82, 2.24) is 5.32 Å². The number of nitrogens with one attached hydrogen (secondary N) is 1. The molecule has 2 unspecified atom stereocenters. The van der Waals surface area contributed by atoms with Gasteiger partial charge in [-0.05, 0) is 25.0 Å². The lowest BCUT2D eigenvalue weighted by Gasteiger charge is -2.31. The highest BCUT2D eigenvalue weighted by atomic mass is 16.5. The number of carboxylic acids is 1. The van der Waals surface area contributed by atoms with Crippen LogP contribution in [0.25, 0.3) is 0 Å². The molecule has 0 aromatic heterocycles. The fourth-order valence-electron chi connectivity index (χ4n) is 2.67. The van der Waals surface area contributed by atoms with Crippen molar-refractivity contribution >= 4 is 5.97 Å². The molecule has 2 atom stereocenters. The molecule has 0 saturated heterocycles. The first-order valence-corrected chi connectivity index (χ1v) is 6.34. The first kappa shape index (κ1) is 14.5. The monoisotopic (exact) mass is 281 g/mol. The second-order valence-corrected chi connectivity index (χ2v) is 4.76. The summed E-state index contributed by atoms with van der Waals surface area (Å²) in [6, 6.07) is 1.07. The van der Waals surface area contributed by atoms with Gasteiger partial charge in [-0.1, -0.05) is 0 Å². The molecule has 1 heterocycles. The Bertz CT molecular complexity index is 529. The quantitative estimate of drug-likeness (QED) is 0.868. The number of fused-ring (bicyclic) bond motifs is 1. The smallest absolute Gasteiger partial charge is 0.325 e. The topological polar surface area (TPSA) is 77.0 Å². The molecule has 1 aromatic rings. The molecule has 2 rings (SSSR count). The van der Waals surface area contributed by atoms with Gasteiger partial charge in [0.1, 0.15) is 6.04 Å². The van der Waals surface area contributed by atoms with Crippen LogP contribution in [0, 0.1) is 0 Å². The highest BCUT2D eigenvalue weighted by Crippen LogP contribution is 2.46. The molecule has 110 valence electrons. The second kappa shape index (κ2) is 5.58. The van der Waals surface area contributed by atoms with Crippen molar-refractivity contribution in [2.24, 2.45) is 0 Å². The van der Waals surface area contributed by atoms with Crippen LogP contribution < -0.4 is 19.5 Å². The van der Waals surface area contributed by atoms with Crippen LogP contribution in [0.15, 0.2) is 6.07 Å². The minimum Gasteiger partial charge on any atom is -0.493 e. The van der Waals surface area contributed by atoms with E-state index in [1.807, 2.05) is 13.0 Å². The normalized spacial score (nSPS) is 21.0. The van der Waals surface area contributed by atoms with E-state index < -0.39 is 12.0 Å². The summed E-state index contributed by atoms with van der Waals surface area (Å²) in [6.07, 6.45) is 0.704. The molecule has 0 fully saturated rings. The summed E-state index contributed by atoms with van der Waals surface area (Å²) in [5.41, 5.74) is 1.51. The third-order valence-electron chi connectivity index (χ3n) is 3.47. The van der Waals surface area contributed by atoms with E-state index in [0.29, 0.717) is 29.2 Å². The largest absolute Gasteiger partial charge is 0.493 e. The van der Waals surface area contributed by atoms with E-state index in [0.717, 1.165) is 5.56 Å². The van der Waals surface area contributed by atoms with Crippen LogP contribution in [0.3, 0.4) is 0 Å². The molecule has 0 amide bonds. The third-order valence-corrected chi connectivity index (χ3v) is 3.47. The minimum atomic E-state index is -0.941. The van der Waals surface area contributed by atoms with Gasteiger partial charge < -0.3 is 19.3 Å². The van der Waals surface area contributed by atoms with Crippen molar-refractivity contribution in [3.05, 3.63) is 17.2 Å². The van der Waals surface area contributed by atoms with Gasteiger partial charge in [-0.3, -0.25) is 10.1 Å². The summed E-state index contributed by atoms with van der Waals surface area (Å²) in [5, 5.41) is 12.5. The Morgan fingerprint density at radius 1 is 1.25 bits per heavy atom. The predicted molar refractivity (Wildman–Crippen MR) is 72.8 cm³/mol. The van der Waals surface area contributed by atoms with Crippen LogP contribution in [0.4, 0.5) is 0 Å². The number of methoxy groups -OCH3 is 3. The first-order valence-electron chi connectivity index (χ1n) is 6.34. The molecule has 2 N–H and O–H groups in total. The first-order chi connectivity index (χ1) is 9.53. The maximum absolute atomic E-state index is 11.5. The molecule has 1 aromatic carbocycles. The van der Waals surface area contributed by atoms with Crippen LogP contribution in [-0.4, -0.2) is 38.4 Å². The SMILES string of the molecule is COc1cc2c(c(OC)c1OC)C(C(=O)O)NC(C)C2. The lowest BCUT2D eigenvalue weighted by Crippen LogP contribution is -2.41. The molecule has 0 bridgehead atoms. The molecule has 20 heavy (non-hydrogen) atoms. The maximum atomic E-state index is 11.5. The van der Waals surface area contributed by atoms with Crippen LogP contribution in [0.2, 0.25) is 0 Å². The molecular formula is C14H19NO5. The van der Waals surface area contributed by atoms with E-state index in [1.54, 1.807) is 7.11 Å². The van der Waals surface area contributed by atoms with Crippen LogP contribution in [-0.2, 0) is 11.2 Å². The third kappa shape index (κ3) is 2.27. The number of carbonyl (C=O) groups is 1. The van der Waals surface area contributed by atoms with Gasteiger partial charge in [-0.2, -0.15) is 0 Å². The number of carboxylic acid groups (broad SMARTS) is 1. The van der Waals surface area contributed by atoms with Gasteiger partial charge in [0.05, 0.1) is 21.3 Å². The number of hydrogen-bond acceptors (Lipinski definition) is 5. The highest BCUT2D eigenvalue weighted by molar-refractivity contribution is 5.79. The molecular weight excluding hydrogens is 262 g/mol. The van der Waals surface area contributed by atoms with Gasteiger partial charge in [0, 0.05) is 11.6 Å². The van der Waals surface area contributed by atoms with Crippen molar-refractivity contribution in [3.8, 4) is 17.2 Å². The highest BCUT2D eigenvalue weighted by Gasteiger charge is 2.35. The average Bonchev–Trinajstić information content (AvgIpc) is 2.43. The molecule has 1 aliphatic heterocycles. The van der Waals surface area contributed by atoms with E-state index in [-0.39, 0.29) is 6.04 Å². The van der Waals surface area contributed by atoms with E-state index in [4.69, 9.17) is 14.2 Å². The Hall–Kier alpha value is -1.95. The van der Waals surface area contributed by atoms with Crippen LogP contribution in [0.5, 0.6) is 17.2 Å². The standard InChI is InChI=1S/C14H19NO5/c1-7-5-8-6-9(18-2)12(19-3)13(20-4)10(8)11(15-7)14(16)17/h6-7,11,15H,5H2,1-4H3,(H,16,17). The molecule has 0 saturated carbocycles. The number of aliphatic carboxylic acids is 1. The number of hydrogen-bond donors (Lipinski definition) is 2. The number of ether oxygens (including phenoxy) is 3. The Morgan fingerprint density at radius 2 is 1.90 bits per heavy atom. The zero-order chi connectivity index (χ0) is 14.9. The Labute approximate surface area is 117 Å². The lowest BCUT2D eigenvalue weighted by molar-refractivity contribution is -0.140. The predicted octanol–water partition coefficient (Wildman–Crippen LogP) is 1.37. The fourth-order valence-corrected chi connectivity index (χ4v) is 2.67. The summed E-state index contributed by atoms with van der Waals surface area (Å²) in [4.78, 5) is 11.5. The van der Waals surface area contributed by atoms with E-state index >= 15 is 0 Å². The van der Waals surface area contributed by atoms with Gasteiger partial charge in [0.15, 0.2) is 11.5 Å². The van der Waals surface area contributed by atoms with E-state index in [9.17, 15) is 9.90 Å². The summed E-state index contributed by atoms with van der Waals surface area (Å²) in [6.45, 7) is 1.95. The van der Waals surface area contributed by atoms with E-state index in [2.05, 4.69) is 5.32 Å². The zero-order valence-electron chi connectivity index (χ0n) is 12.0. The average molecular weight is 281 g/mol. The summed E-state index contributed by atoms with van der Waals surface area (Å²) < 4.78 is 16.0. The molecule has 0 radical (unpaired) electrons. The summed E-state index contributed by atoms with van der Waals surface area (Å²) in [7, 11) is 4.54. The molecule has 0 aliphatic carbocycles. The Morgan fingerprint density at radius 3 is 2.40 bits per heavy atom. The van der Waals surface area contributed by atoms with Gasteiger partial charge in [-0.15, -0.1) is 0 Å². The van der Waals surface area contributed by atoms with Crippen molar-refractivity contribution in [2.75, 3.05) is 21.3 Å². The molecule has 6 nitrogen and oxygen atoms in total. The lowest BCUT2D eigenvalue weighted by atomic mass is 9.89. The fraction of sp³-hybridized carbons (Fsp3) is 0.500. The molecule has 1 aliphatic rings. The number of benzene rings is 1. The molecule has 0 spiro atoms. The summed E-state index contributed by atoms with van der Waals surface area (Å²) >= 11 is 0. The van der Waals surface area contributed by atoms with E-state index in [1.165, 1.54) is 14.2 Å². The van der Waals surface area contributed by atoms with Gasteiger partial charge in [-0.25, -0.2) is 0 Å². The Balaban J connectivity index is 2.70. The van der Waals surface area contributed by atoms with Crippen molar-refractivity contribution < 1.29 is 24.1 Å². The van der Waals surface area contributed by atoms with Gasteiger partial charge in [0.2, 0.25) is 5.75 Å². The summed E-state index contributed by atoms with van der Waals surface area (Å²) in [5.74, 6) is 0.426. The zero-order valence-corrected chi connectivity index (χ0v) is 12.0. The van der Waals surface area contributed by atoms with Crippen LogP contribution >= 0.6 is 0 Å². The Kier molecular flexibility index (Phi) is 4.04. The van der Waals surface area contributed by atoms with Crippen molar-refractivity contribution in [1.29, 1.82) is 0 Å². The van der Waals surface area contributed by atoms with Gasteiger partial charge >= 0.3 is 5.97 Å². The second-order valence-electron chi connectivity index (χ2n) is 4.76. The molecule has 6 heteroatoms. The minimum absolute atomic E-state index is 0.0615. The van der Waals surface area contributed by atoms with Crippen LogP contribution in [0.1, 0.15) is 24.1 Å². The van der Waals surface area contributed by atoms with Crippen molar-refractivity contribution in [3.63, 3.8) is 0 Å². The maximum Gasteiger partial charge on any atom is 0.325 e.